The van der Waals surface area contributed by atoms with Crippen LogP contribution in [-0.2, 0) is 16.1 Å². The summed E-state index contributed by atoms with van der Waals surface area (Å²) < 4.78 is 55.9. The van der Waals surface area contributed by atoms with Crippen molar-refractivity contribution in [1.82, 2.24) is 34.9 Å². The van der Waals surface area contributed by atoms with Crippen molar-refractivity contribution >= 4 is 74.3 Å². The first-order chi connectivity index (χ1) is 38.5. The maximum Gasteiger partial charge on any atom is 0.406 e. The first-order valence-electron chi connectivity index (χ1n) is 26.5. The summed E-state index contributed by atoms with van der Waals surface area (Å²) in [5.74, 6) is 7.24. The summed E-state index contributed by atoms with van der Waals surface area (Å²) in [5, 5.41) is 26.6. The molecule has 1 atom stereocenters. The van der Waals surface area contributed by atoms with Gasteiger partial charge in [-0.3, -0.25) is 23.9 Å². The van der Waals surface area contributed by atoms with Gasteiger partial charge in [0.05, 0.1) is 42.7 Å². The first-order valence-corrected chi connectivity index (χ1v) is 27.7. The molecule has 418 valence electrons. The molecule has 5 N–H and O–H groups in total. The van der Waals surface area contributed by atoms with Crippen molar-refractivity contribution in [3.8, 4) is 28.3 Å². The zero-order valence-corrected chi connectivity index (χ0v) is 46.7. The number of aliphatic imine (C=N–C) groups is 1. The van der Waals surface area contributed by atoms with Gasteiger partial charge in [0.15, 0.2) is 12.4 Å². The molecule has 2 aliphatic rings. The van der Waals surface area contributed by atoms with E-state index in [0.717, 1.165) is 70.3 Å². The highest BCUT2D eigenvalue weighted by Gasteiger charge is 2.33. The molecule has 0 saturated carbocycles. The number of ether oxygens (including phenoxy) is 2. The molecule has 3 aromatic heterocycles. The van der Waals surface area contributed by atoms with Crippen LogP contribution < -0.4 is 36.1 Å². The maximum atomic E-state index is 13.8. The minimum Gasteiger partial charge on any atom is -0.495 e. The van der Waals surface area contributed by atoms with Crippen molar-refractivity contribution in [3.05, 3.63) is 140 Å². The largest absolute Gasteiger partial charge is 0.495 e. The Hall–Kier alpha value is -7.86. The van der Waals surface area contributed by atoms with E-state index in [1.807, 2.05) is 41.8 Å². The topological polar surface area (TPSA) is 181 Å². The summed E-state index contributed by atoms with van der Waals surface area (Å²) in [5.41, 5.74) is 6.74. The van der Waals surface area contributed by atoms with Crippen LogP contribution in [0.2, 0.25) is 5.02 Å². The number of piperidine rings is 1. The number of aryl methyl sites for hydroxylation is 2. The molecule has 3 amide bonds. The van der Waals surface area contributed by atoms with Crippen molar-refractivity contribution in [1.29, 1.82) is 0 Å². The number of amides is 3. The number of carbonyl (C=O) groups is 3. The second-order valence-electron chi connectivity index (χ2n) is 19.9. The number of anilines is 3. The third-order valence-corrected chi connectivity index (χ3v) is 15.6. The lowest BCUT2D eigenvalue weighted by Gasteiger charge is -2.30. The number of hydrogen-bond acceptors (Lipinski definition) is 12. The molecule has 1 saturated heterocycles. The van der Waals surface area contributed by atoms with Gasteiger partial charge in [-0.05, 0) is 157 Å². The van der Waals surface area contributed by atoms with Crippen LogP contribution in [0.5, 0.6) is 11.5 Å². The normalized spacial score (nSPS) is 14.5. The fourth-order valence-corrected chi connectivity index (χ4v) is 11.1. The number of likely N-dealkylation sites (tertiary alicyclic amines) is 1. The van der Waals surface area contributed by atoms with Gasteiger partial charge in [0.2, 0.25) is 5.91 Å². The molecule has 21 heteroatoms. The number of halogens is 4. The predicted octanol–water partition coefficient (Wildman–Crippen LogP) is 10.4. The molecular formula is C59H63ClF3N11O5S. The van der Waals surface area contributed by atoms with Crippen LogP contribution in [0.1, 0.15) is 93.8 Å². The zero-order chi connectivity index (χ0) is 56.5. The molecule has 1 unspecified atom stereocenters. The number of nitrogens with zero attached hydrogens (tertiary/aromatic N) is 6. The molecule has 1 fully saturated rings. The van der Waals surface area contributed by atoms with Crippen molar-refractivity contribution in [2.75, 3.05) is 69.4 Å². The van der Waals surface area contributed by atoms with E-state index in [4.69, 9.17) is 26.1 Å². The molecule has 2 aliphatic heterocycles. The molecule has 9 rings (SSSR count). The molecule has 0 aliphatic carbocycles. The van der Waals surface area contributed by atoms with Crippen LogP contribution in [-0.4, -0.2) is 113 Å². The molecule has 16 nitrogen and oxygen atoms in total. The number of methoxy groups -OCH3 is 1. The molecule has 0 spiro atoms. The number of fused-ring (bicyclic) bond motifs is 4. The highest BCUT2D eigenvalue weighted by molar-refractivity contribution is 7.15. The predicted molar refractivity (Wildman–Crippen MR) is 308 cm³/mol. The Balaban J connectivity index is 0.687. The minimum atomic E-state index is -4.44. The van der Waals surface area contributed by atoms with Crippen molar-refractivity contribution < 1.29 is 37.0 Å². The Kier molecular flexibility index (Phi) is 18.1. The van der Waals surface area contributed by atoms with Crippen molar-refractivity contribution in [2.24, 2.45) is 4.99 Å². The van der Waals surface area contributed by atoms with Gasteiger partial charge in [0, 0.05) is 62.5 Å². The number of unbranched alkanes of at least 4 members (excludes halogenated alkanes) is 2. The van der Waals surface area contributed by atoms with Gasteiger partial charge in [-0.25, -0.2) is 0 Å². The SMILES string of the molecule is COc1cc(C(=O)NCCCCCNC(=O)COc2ccc(NC(=O)CC3N=C(c4ccc(Cl)cc4)c4c(sc(C)c4C)-n4c(C)nnc43)cc2)ccc1NCC#Cc1cc2c(NC3CCN(C)CC3)cccc2n1CC(F)(F)F. The Labute approximate surface area is 471 Å². The Morgan fingerprint density at radius 2 is 1.62 bits per heavy atom. The molecule has 0 radical (unpaired) electrons. The van der Waals surface area contributed by atoms with Crippen LogP contribution in [0.4, 0.5) is 30.2 Å². The van der Waals surface area contributed by atoms with E-state index in [9.17, 15) is 27.6 Å². The van der Waals surface area contributed by atoms with Gasteiger partial charge in [0.1, 0.15) is 34.9 Å². The van der Waals surface area contributed by atoms with Crippen molar-refractivity contribution in [3.63, 3.8) is 0 Å². The first kappa shape index (κ1) is 56.8. The van der Waals surface area contributed by atoms with Crippen LogP contribution in [0.3, 0.4) is 0 Å². The maximum absolute atomic E-state index is 13.8. The molecule has 5 heterocycles. The summed E-state index contributed by atoms with van der Waals surface area (Å²) in [7, 11) is 3.56. The Bertz CT molecular complexity index is 3460. The van der Waals surface area contributed by atoms with E-state index in [0.29, 0.717) is 81.9 Å². The summed E-state index contributed by atoms with van der Waals surface area (Å²) >= 11 is 7.89. The average molecular weight is 1130 g/mol. The van der Waals surface area contributed by atoms with Gasteiger partial charge in [-0.1, -0.05) is 35.7 Å². The summed E-state index contributed by atoms with van der Waals surface area (Å²) in [6.07, 6.45) is -0.421. The van der Waals surface area contributed by atoms with E-state index in [-0.39, 0.29) is 49.0 Å². The second-order valence-corrected chi connectivity index (χ2v) is 21.5. The van der Waals surface area contributed by atoms with E-state index < -0.39 is 18.8 Å². The lowest BCUT2D eigenvalue weighted by atomic mass is 9.99. The smallest absolute Gasteiger partial charge is 0.406 e. The van der Waals surface area contributed by atoms with Gasteiger partial charge >= 0.3 is 6.18 Å². The third-order valence-electron chi connectivity index (χ3n) is 14.1. The number of thiophene rings is 1. The van der Waals surface area contributed by atoms with E-state index >= 15 is 0 Å². The molecule has 4 aromatic carbocycles. The monoisotopic (exact) mass is 1130 g/mol. The number of rotatable bonds is 20. The van der Waals surface area contributed by atoms with E-state index in [1.165, 1.54) is 11.7 Å². The van der Waals surface area contributed by atoms with Crippen molar-refractivity contribution in [2.45, 2.75) is 84.1 Å². The number of carbonyl (C=O) groups excluding carboxylic acids is 3. The Morgan fingerprint density at radius 3 is 2.36 bits per heavy atom. The zero-order valence-electron chi connectivity index (χ0n) is 45.2. The second kappa shape index (κ2) is 25.5. The number of aromatic nitrogens is 4. The Morgan fingerprint density at radius 1 is 0.875 bits per heavy atom. The van der Waals surface area contributed by atoms with Crippen LogP contribution in [0.15, 0.2) is 96.0 Å². The van der Waals surface area contributed by atoms with Gasteiger partial charge in [-0.2, -0.15) is 13.2 Å². The average Bonchev–Trinajstić information content (AvgIpc) is 4.26. The standard InChI is InChI=1S/C59H63ClF3N11O5S/c1-36-37(2)80-58-54(36)55(39-14-17-41(60)18-15-39)69-49(56-71-70-38(3)74(56)58)33-52(75)68-42-19-21-45(22-20-42)79-34-53(76)65-26-7-6-8-27-66-57(77)40-16-23-48(51(31-40)78-5)64-28-10-11-44-32-46-47(67-43-24-29-72(4)30-25-43)12-9-13-50(46)73(44)35-59(61,62)63/h9,12-23,31-32,43,49,64,67H,6-8,24-30,33-35H2,1-5H3,(H,65,76)(H,66,77)(H,68,75). The molecule has 0 bridgehead atoms. The number of alkyl halides is 3. The van der Waals surface area contributed by atoms with Crippen LogP contribution >= 0.6 is 22.9 Å². The third kappa shape index (κ3) is 13.9. The molecule has 80 heavy (non-hydrogen) atoms. The summed E-state index contributed by atoms with van der Waals surface area (Å²) in [4.78, 5) is 47.9. The lowest BCUT2D eigenvalue weighted by Crippen LogP contribution is -2.36. The van der Waals surface area contributed by atoms with Crippen LogP contribution in [0, 0.1) is 32.6 Å². The lowest BCUT2D eigenvalue weighted by molar-refractivity contribution is -0.140. The fraction of sp³-hybridized carbons (Fsp3) is 0.356. The minimum absolute atomic E-state index is 0.0106. The van der Waals surface area contributed by atoms with E-state index in [1.54, 1.807) is 72.0 Å². The summed E-state index contributed by atoms with van der Waals surface area (Å²) in [6.45, 7) is 7.55. The summed E-state index contributed by atoms with van der Waals surface area (Å²) in [6, 6.07) is 25.9. The number of hydrogen-bond donors (Lipinski definition) is 5. The van der Waals surface area contributed by atoms with Crippen LogP contribution in [0.25, 0.3) is 15.9 Å². The number of benzene rings is 4. The number of nitrogens with one attached hydrogen (secondary N) is 5. The quantitative estimate of drug-likeness (QED) is 0.0364. The molecular weight excluding hydrogens is 1070 g/mol. The fourth-order valence-electron chi connectivity index (χ4n) is 9.80. The van der Waals surface area contributed by atoms with E-state index in [2.05, 4.69) is 74.4 Å². The van der Waals surface area contributed by atoms with Gasteiger partial charge in [0.25, 0.3) is 11.8 Å². The molecule has 7 aromatic rings. The highest BCUT2D eigenvalue weighted by atomic mass is 35.5. The van der Waals surface area contributed by atoms with Gasteiger partial charge < -0.3 is 45.5 Å². The highest BCUT2D eigenvalue weighted by Crippen LogP contribution is 2.40. The van der Waals surface area contributed by atoms with Gasteiger partial charge in [-0.15, -0.1) is 21.5 Å².